The number of carbonyl (C=O) groups is 2. The van der Waals surface area contributed by atoms with Crippen LogP contribution in [0, 0.1) is 0 Å². The van der Waals surface area contributed by atoms with Gasteiger partial charge in [0.25, 0.3) is 0 Å². The molecular formula is C13H23N3O4. The number of aliphatic hydroxyl groups is 1. The van der Waals surface area contributed by atoms with E-state index in [1.54, 1.807) is 0 Å². The number of amides is 2. The van der Waals surface area contributed by atoms with Gasteiger partial charge in [-0.1, -0.05) is 0 Å². The standard InChI is InChI=1S/C13H23N3O4/c17-11(12(18)19)4-5-14-13(20)16-8-2-7-15-6-1-3-10(15)9-16/h10-11,17H,1-9H2,(H,14,20)(H,18,19). The fourth-order valence-electron chi connectivity index (χ4n) is 2.94. The van der Waals surface area contributed by atoms with E-state index < -0.39 is 12.1 Å². The molecular weight excluding hydrogens is 262 g/mol. The van der Waals surface area contributed by atoms with E-state index in [0.717, 1.165) is 39.0 Å². The fourth-order valence-corrected chi connectivity index (χ4v) is 2.94. The van der Waals surface area contributed by atoms with Crippen molar-refractivity contribution in [3.8, 4) is 0 Å². The predicted molar refractivity (Wildman–Crippen MR) is 72.4 cm³/mol. The van der Waals surface area contributed by atoms with Crippen LogP contribution in [-0.2, 0) is 4.79 Å². The van der Waals surface area contributed by atoms with Gasteiger partial charge in [-0.3, -0.25) is 4.90 Å². The molecule has 2 aliphatic heterocycles. The number of carbonyl (C=O) groups excluding carboxylic acids is 1. The second-order valence-corrected chi connectivity index (χ2v) is 5.51. The average Bonchev–Trinajstić information content (AvgIpc) is 2.75. The van der Waals surface area contributed by atoms with Crippen LogP contribution >= 0.6 is 0 Å². The smallest absolute Gasteiger partial charge is 0.332 e. The molecule has 7 heteroatoms. The molecule has 0 saturated carbocycles. The lowest BCUT2D eigenvalue weighted by atomic mass is 10.2. The number of nitrogens with one attached hydrogen (secondary N) is 1. The van der Waals surface area contributed by atoms with Crippen molar-refractivity contribution in [2.45, 2.75) is 37.8 Å². The first-order chi connectivity index (χ1) is 9.58. The maximum Gasteiger partial charge on any atom is 0.332 e. The van der Waals surface area contributed by atoms with Gasteiger partial charge < -0.3 is 20.4 Å². The zero-order chi connectivity index (χ0) is 14.5. The van der Waals surface area contributed by atoms with Crippen LogP contribution in [0.15, 0.2) is 0 Å². The molecule has 114 valence electrons. The number of rotatable bonds is 4. The van der Waals surface area contributed by atoms with Gasteiger partial charge in [-0.15, -0.1) is 0 Å². The van der Waals surface area contributed by atoms with Crippen LogP contribution in [0.3, 0.4) is 0 Å². The van der Waals surface area contributed by atoms with Crippen molar-refractivity contribution in [2.75, 3.05) is 32.7 Å². The van der Waals surface area contributed by atoms with Gasteiger partial charge in [-0.05, 0) is 25.8 Å². The highest BCUT2D eigenvalue weighted by Gasteiger charge is 2.30. The molecule has 7 nitrogen and oxygen atoms in total. The molecule has 2 heterocycles. The van der Waals surface area contributed by atoms with Gasteiger partial charge in [0.2, 0.25) is 0 Å². The van der Waals surface area contributed by atoms with Crippen LogP contribution in [0.4, 0.5) is 4.79 Å². The van der Waals surface area contributed by atoms with E-state index in [4.69, 9.17) is 10.2 Å². The summed E-state index contributed by atoms with van der Waals surface area (Å²) in [5.41, 5.74) is 0. The van der Waals surface area contributed by atoms with E-state index in [9.17, 15) is 9.59 Å². The van der Waals surface area contributed by atoms with Crippen LogP contribution in [0.1, 0.15) is 25.7 Å². The van der Waals surface area contributed by atoms with E-state index in [0.29, 0.717) is 6.04 Å². The topological polar surface area (TPSA) is 93.1 Å². The molecule has 0 aromatic carbocycles. The molecule has 0 spiro atoms. The third kappa shape index (κ3) is 3.83. The van der Waals surface area contributed by atoms with Gasteiger partial charge in [0, 0.05) is 38.6 Å². The van der Waals surface area contributed by atoms with Crippen molar-refractivity contribution < 1.29 is 19.8 Å². The lowest BCUT2D eigenvalue weighted by molar-refractivity contribution is -0.146. The van der Waals surface area contributed by atoms with Crippen molar-refractivity contribution in [3.63, 3.8) is 0 Å². The molecule has 2 amide bonds. The van der Waals surface area contributed by atoms with Gasteiger partial charge >= 0.3 is 12.0 Å². The summed E-state index contributed by atoms with van der Waals surface area (Å²) in [5, 5.41) is 20.4. The van der Waals surface area contributed by atoms with Crippen LogP contribution in [-0.4, -0.2) is 76.9 Å². The number of carboxylic acid groups (broad SMARTS) is 1. The Bertz CT molecular complexity index is 364. The van der Waals surface area contributed by atoms with Crippen LogP contribution < -0.4 is 5.32 Å². The maximum absolute atomic E-state index is 12.1. The second kappa shape index (κ2) is 6.90. The van der Waals surface area contributed by atoms with Crippen molar-refractivity contribution >= 4 is 12.0 Å². The third-order valence-electron chi connectivity index (χ3n) is 4.07. The average molecular weight is 285 g/mol. The van der Waals surface area contributed by atoms with Gasteiger partial charge in [0.05, 0.1) is 0 Å². The summed E-state index contributed by atoms with van der Waals surface area (Å²) in [4.78, 5) is 26.8. The van der Waals surface area contributed by atoms with Crippen molar-refractivity contribution in [1.29, 1.82) is 0 Å². The molecule has 2 fully saturated rings. The summed E-state index contributed by atoms with van der Waals surface area (Å²) in [7, 11) is 0. The van der Waals surface area contributed by atoms with Crippen LogP contribution in [0.5, 0.6) is 0 Å². The van der Waals surface area contributed by atoms with Crippen molar-refractivity contribution in [3.05, 3.63) is 0 Å². The first-order valence-corrected chi connectivity index (χ1v) is 7.25. The highest BCUT2D eigenvalue weighted by molar-refractivity contribution is 5.74. The summed E-state index contributed by atoms with van der Waals surface area (Å²) in [5.74, 6) is -1.25. The zero-order valence-corrected chi connectivity index (χ0v) is 11.6. The lowest BCUT2D eigenvalue weighted by Gasteiger charge is -2.26. The number of aliphatic carboxylic acids is 1. The van der Waals surface area contributed by atoms with Crippen molar-refractivity contribution in [2.24, 2.45) is 0 Å². The Hall–Kier alpha value is -1.34. The quantitative estimate of drug-likeness (QED) is 0.659. The zero-order valence-electron chi connectivity index (χ0n) is 11.6. The molecule has 0 bridgehead atoms. The molecule has 2 unspecified atom stereocenters. The summed E-state index contributed by atoms with van der Waals surface area (Å²) < 4.78 is 0. The molecule has 0 aromatic heterocycles. The van der Waals surface area contributed by atoms with E-state index in [2.05, 4.69) is 10.2 Å². The molecule has 0 aliphatic carbocycles. The first kappa shape index (κ1) is 15.1. The maximum atomic E-state index is 12.1. The Labute approximate surface area is 118 Å². The van der Waals surface area contributed by atoms with E-state index >= 15 is 0 Å². The number of aliphatic hydroxyl groups excluding tert-OH is 1. The highest BCUT2D eigenvalue weighted by atomic mass is 16.4. The number of nitrogens with zero attached hydrogens (tertiary/aromatic N) is 2. The summed E-state index contributed by atoms with van der Waals surface area (Å²) in [6.07, 6.45) is 1.93. The Morgan fingerprint density at radius 1 is 1.25 bits per heavy atom. The van der Waals surface area contributed by atoms with Crippen LogP contribution in [0.2, 0.25) is 0 Å². The summed E-state index contributed by atoms with van der Waals surface area (Å²) in [6, 6.07) is 0.309. The van der Waals surface area contributed by atoms with Gasteiger partial charge in [0.15, 0.2) is 6.10 Å². The normalized spacial score (nSPS) is 24.9. The SMILES string of the molecule is O=C(O)C(O)CCNC(=O)N1CCCN2CCCC2C1. The monoisotopic (exact) mass is 285 g/mol. The van der Waals surface area contributed by atoms with E-state index in [1.807, 2.05) is 4.90 Å². The molecule has 2 saturated heterocycles. The number of carboxylic acids is 1. The van der Waals surface area contributed by atoms with Crippen molar-refractivity contribution in [1.82, 2.24) is 15.1 Å². The largest absolute Gasteiger partial charge is 0.479 e. The molecule has 0 radical (unpaired) electrons. The van der Waals surface area contributed by atoms with E-state index in [-0.39, 0.29) is 19.0 Å². The number of hydrogen-bond donors (Lipinski definition) is 3. The molecule has 0 aromatic rings. The van der Waals surface area contributed by atoms with Gasteiger partial charge in [0.1, 0.15) is 0 Å². The second-order valence-electron chi connectivity index (χ2n) is 5.51. The van der Waals surface area contributed by atoms with E-state index in [1.165, 1.54) is 6.42 Å². The van der Waals surface area contributed by atoms with Gasteiger partial charge in [-0.25, -0.2) is 9.59 Å². The number of urea groups is 1. The first-order valence-electron chi connectivity index (χ1n) is 7.25. The molecule has 3 N–H and O–H groups in total. The Kier molecular flexibility index (Phi) is 5.19. The Morgan fingerprint density at radius 3 is 2.75 bits per heavy atom. The molecule has 2 aliphatic rings. The Morgan fingerprint density at radius 2 is 2.00 bits per heavy atom. The minimum Gasteiger partial charge on any atom is -0.479 e. The molecule has 20 heavy (non-hydrogen) atoms. The summed E-state index contributed by atoms with van der Waals surface area (Å²) in [6.45, 7) is 3.84. The third-order valence-corrected chi connectivity index (χ3v) is 4.07. The highest BCUT2D eigenvalue weighted by Crippen LogP contribution is 2.21. The molecule has 2 rings (SSSR count). The number of hydrogen-bond acceptors (Lipinski definition) is 4. The van der Waals surface area contributed by atoms with Crippen LogP contribution in [0.25, 0.3) is 0 Å². The minimum absolute atomic E-state index is 0.0322. The Balaban J connectivity index is 1.75. The minimum atomic E-state index is -1.41. The molecule has 2 atom stereocenters. The lowest BCUT2D eigenvalue weighted by Crippen LogP contribution is -2.45. The predicted octanol–water partition coefficient (Wildman–Crippen LogP) is -0.298. The summed E-state index contributed by atoms with van der Waals surface area (Å²) >= 11 is 0. The van der Waals surface area contributed by atoms with Gasteiger partial charge in [-0.2, -0.15) is 0 Å². The number of fused-ring (bicyclic) bond motifs is 1. The fraction of sp³-hybridized carbons (Fsp3) is 0.846.